The summed E-state index contributed by atoms with van der Waals surface area (Å²) in [5.41, 5.74) is 5.78. The number of hydrogen-bond acceptors (Lipinski definition) is 2. The van der Waals surface area contributed by atoms with Crippen LogP contribution in [0.15, 0.2) is 0 Å². The first-order valence-corrected chi connectivity index (χ1v) is 4.27. The number of likely N-dealkylation sites (N-methyl/N-ethyl adjacent to an activating group) is 1. The van der Waals surface area contributed by atoms with Crippen LogP contribution in [0.5, 0.6) is 0 Å². The number of rotatable bonds is 6. The summed E-state index contributed by atoms with van der Waals surface area (Å²) in [4.78, 5) is 0. The monoisotopic (exact) mass is 144 g/mol. The summed E-state index contributed by atoms with van der Waals surface area (Å²) in [5, 5.41) is 3.23. The van der Waals surface area contributed by atoms with Crippen LogP contribution < -0.4 is 11.1 Å². The van der Waals surface area contributed by atoms with Crippen LogP contribution in [0.3, 0.4) is 0 Å². The van der Waals surface area contributed by atoms with Gasteiger partial charge in [0.1, 0.15) is 0 Å². The molecule has 1 unspecified atom stereocenters. The largest absolute Gasteiger partial charge is 0.327 e. The molecule has 0 aliphatic rings. The van der Waals surface area contributed by atoms with Gasteiger partial charge in [-0.3, -0.25) is 0 Å². The van der Waals surface area contributed by atoms with E-state index in [1.54, 1.807) is 0 Å². The van der Waals surface area contributed by atoms with Crippen molar-refractivity contribution in [3.8, 4) is 0 Å². The Morgan fingerprint density at radius 1 is 1.40 bits per heavy atom. The van der Waals surface area contributed by atoms with Gasteiger partial charge in [0.2, 0.25) is 0 Å². The van der Waals surface area contributed by atoms with Gasteiger partial charge in [-0.15, -0.1) is 0 Å². The van der Waals surface area contributed by atoms with E-state index in [-0.39, 0.29) is 0 Å². The minimum Gasteiger partial charge on any atom is -0.327 e. The van der Waals surface area contributed by atoms with Gasteiger partial charge in [-0.05, 0) is 13.0 Å². The molecule has 0 aromatic rings. The van der Waals surface area contributed by atoms with E-state index < -0.39 is 0 Å². The van der Waals surface area contributed by atoms with Gasteiger partial charge in [-0.1, -0.05) is 26.7 Å². The minimum absolute atomic E-state index is 0.361. The summed E-state index contributed by atoms with van der Waals surface area (Å²) < 4.78 is 0. The fraction of sp³-hybridized carbons (Fsp3) is 1.00. The Bertz CT molecular complexity index is 56.3. The topological polar surface area (TPSA) is 38.0 Å². The zero-order valence-corrected chi connectivity index (χ0v) is 7.19. The van der Waals surface area contributed by atoms with Gasteiger partial charge in [0.25, 0.3) is 0 Å². The molecular weight excluding hydrogens is 124 g/mol. The number of nitrogens with two attached hydrogens (primary N) is 1. The minimum atomic E-state index is 0.361. The Hall–Kier alpha value is -0.0800. The lowest BCUT2D eigenvalue weighted by Gasteiger charge is -2.10. The van der Waals surface area contributed by atoms with E-state index in [9.17, 15) is 0 Å². The highest BCUT2D eigenvalue weighted by Gasteiger charge is 1.98. The first kappa shape index (κ1) is 9.92. The molecule has 0 radical (unpaired) electrons. The van der Waals surface area contributed by atoms with E-state index in [1.165, 1.54) is 12.8 Å². The van der Waals surface area contributed by atoms with Crippen LogP contribution in [0.4, 0.5) is 0 Å². The van der Waals surface area contributed by atoms with Crippen molar-refractivity contribution >= 4 is 0 Å². The summed E-state index contributed by atoms with van der Waals surface area (Å²) in [6.45, 7) is 6.29. The van der Waals surface area contributed by atoms with Crippen molar-refractivity contribution in [2.75, 3.05) is 13.1 Å². The molecule has 0 aromatic heterocycles. The fourth-order valence-corrected chi connectivity index (χ4v) is 0.898. The molecule has 0 rings (SSSR count). The first-order valence-electron chi connectivity index (χ1n) is 4.27. The summed E-state index contributed by atoms with van der Waals surface area (Å²) in [6.07, 6.45) is 3.66. The van der Waals surface area contributed by atoms with Gasteiger partial charge >= 0.3 is 0 Å². The Balaban J connectivity index is 3.00. The second kappa shape index (κ2) is 7.03. The number of nitrogens with one attached hydrogen (secondary N) is 1. The second-order valence-electron chi connectivity index (χ2n) is 2.71. The summed E-state index contributed by atoms with van der Waals surface area (Å²) in [7, 11) is 0. The number of unbranched alkanes of at least 4 members (excludes halogenated alkanes) is 1. The molecule has 62 valence electrons. The maximum atomic E-state index is 5.78. The maximum Gasteiger partial charge on any atom is 0.0165 e. The third kappa shape index (κ3) is 6.05. The highest BCUT2D eigenvalue weighted by molar-refractivity contribution is 4.62. The average Bonchev–Trinajstić information content (AvgIpc) is 1.97. The predicted molar refractivity (Wildman–Crippen MR) is 46.0 cm³/mol. The van der Waals surface area contributed by atoms with Gasteiger partial charge in [0.15, 0.2) is 0 Å². The third-order valence-electron chi connectivity index (χ3n) is 1.58. The lowest BCUT2D eigenvalue weighted by molar-refractivity contribution is 0.533. The van der Waals surface area contributed by atoms with Gasteiger partial charge in [0.05, 0.1) is 0 Å². The smallest absolute Gasteiger partial charge is 0.0165 e. The molecule has 0 fully saturated rings. The van der Waals surface area contributed by atoms with Crippen LogP contribution in [0.1, 0.15) is 33.1 Å². The predicted octanol–water partition coefficient (Wildman–Crippen LogP) is 1.11. The summed E-state index contributed by atoms with van der Waals surface area (Å²) in [5.74, 6) is 0. The molecule has 0 aromatic carbocycles. The Labute approximate surface area is 64.2 Å². The zero-order chi connectivity index (χ0) is 7.82. The molecule has 3 N–H and O–H groups in total. The molecular formula is C8H20N2. The molecule has 2 nitrogen and oxygen atoms in total. The Morgan fingerprint density at radius 3 is 2.60 bits per heavy atom. The molecule has 2 heteroatoms. The maximum absolute atomic E-state index is 5.78. The molecule has 1 atom stereocenters. The van der Waals surface area contributed by atoms with Crippen LogP contribution >= 0.6 is 0 Å². The highest BCUT2D eigenvalue weighted by atomic mass is 14.9. The molecule has 0 amide bonds. The Morgan fingerprint density at radius 2 is 2.10 bits per heavy atom. The normalized spacial score (nSPS) is 13.5. The lowest BCUT2D eigenvalue weighted by Crippen LogP contribution is -2.33. The molecule has 0 bridgehead atoms. The van der Waals surface area contributed by atoms with E-state index in [2.05, 4.69) is 19.2 Å². The molecule has 0 aliphatic carbocycles. The summed E-state index contributed by atoms with van der Waals surface area (Å²) >= 11 is 0. The SMILES string of the molecule is CCCCC(N)CNCC. The van der Waals surface area contributed by atoms with E-state index >= 15 is 0 Å². The molecule has 0 saturated heterocycles. The van der Waals surface area contributed by atoms with Gasteiger partial charge in [-0.2, -0.15) is 0 Å². The van der Waals surface area contributed by atoms with Crippen LogP contribution in [0, 0.1) is 0 Å². The van der Waals surface area contributed by atoms with E-state index in [1.807, 2.05) is 0 Å². The molecule has 10 heavy (non-hydrogen) atoms. The Kier molecular flexibility index (Phi) is 6.98. The van der Waals surface area contributed by atoms with Crippen molar-refractivity contribution in [2.24, 2.45) is 5.73 Å². The number of hydrogen-bond donors (Lipinski definition) is 2. The highest BCUT2D eigenvalue weighted by Crippen LogP contribution is 1.96. The van der Waals surface area contributed by atoms with E-state index in [0.717, 1.165) is 19.5 Å². The molecule has 0 spiro atoms. The molecule has 0 saturated carbocycles. The first-order chi connectivity index (χ1) is 4.81. The van der Waals surface area contributed by atoms with Crippen molar-refractivity contribution in [3.63, 3.8) is 0 Å². The van der Waals surface area contributed by atoms with Crippen molar-refractivity contribution < 1.29 is 0 Å². The zero-order valence-electron chi connectivity index (χ0n) is 7.19. The second-order valence-corrected chi connectivity index (χ2v) is 2.71. The van der Waals surface area contributed by atoms with Crippen molar-refractivity contribution in [2.45, 2.75) is 39.2 Å². The van der Waals surface area contributed by atoms with E-state index in [0.29, 0.717) is 6.04 Å². The molecule has 0 heterocycles. The van der Waals surface area contributed by atoms with Crippen LogP contribution in [-0.2, 0) is 0 Å². The third-order valence-corrected chi connectivity index (χ3v) is 1.58. The van der Waals surface area contributed by atoms with E-state index in [4.69, 9.17) is 5.73 Å². The van der Waals surface area contributed by atoms with Crippen LogP contribution in [0.2, 0.25) is 0 Å². The van der Waals surface area contributed by atoms with Gasteiger partial charge in [-0.25, -0.2) is 0 Å². The lowest BCUT2D eigenvalue weighted by atomic mass is 10.1. The van der Waals surface area contributed by atoms with Gasteiger partial charge < -0.3 is 11.1 Å². The van der Waals surface area contributed by atoms with Crippen molar-refractivity contribution in [3.05, 3.63) is 0 Å². The van der Waals surface area contributed by atoms with Crippen LogP contribution in [0.25, 0.3) is 0 Å². The van der Waals surface area contributed by atoms with Crippen LogP contribution in [-0.4, -0.2) is 19.1 Å². The standard InChI is InChI=1S/C8H20N2/c1-3-5-6-8(9)7-10-4-2/h8,10H,3-7,9H2,1-2H3. The van der Waals surface area contributed by atoms with Crippen molar-refractivity contribution in [1.29, 1.82) is 0 Å². The summed E-state index contributed by atoms with van der Waals surface area (Å²) in [6, 6.07) is 0.361. The van der Waals surface area contributed by atoms with Crippen molar-refractivity contribution in [1.82, 2.24) is 5.32 Å². The average molecular weight is 144 g/mol. The molecule has 0 aliphatic heterocycles. The quantitative estimate of drug-likeness (QED) is 0.586. The van der Waals surface area contributed by atoms with Gasteiger partial charge in [0, 0.05) is 12.6 Å². The fourth-order valence-electron chi connectivity index (χ4n) is 0.898.